The molecule has 6 heteroatoms. The van der Waals surface area contributed by atoms with Gasteiger partial charge in [0.25, 0.3) is 5.91 Å². The average molecular weight is 470 g/mol. The highest BCUT2D eigenvalue weighted by Gasteiger charge is 2.12. The molecule has 0 bridgehead atoms. The molecule has 4 aromatic rings. The van der Waals surface area contributed by atoms with Gasteiger partial charge in [-0.1, -0.05) is 42.5 Å². The van der Waals surface area contributed by atoms with Crippen LogP contribution in [0.4, 0.5) is 5.69 Å². The van der Waals surface area contributed by atoms with E-state index >= 15 is 0 Å². The number of anilines is 1. The predicted molar refractivity (Wildman–Crippen MR) is 135 cm³/mol. The Morgan fingerprint density at radius 2 is 1.40 bits per heavy atom. The van der Waals surface area contributed by atoms with E-state index in [1.165, 1.54) is 0 Å². The Morgan fingerprint density at radius 1 is 0.657 bits per heavy atom. The number of hydrogen-bond acceptors (Lipinski definition) is 5. The van der Waals surface area contributed by atoms with E-state index in [1.807, 2.05) is 66.7 Å². The number of carbonyl (C=O) groups excluding carboxylic acids is 1. The summed E-state index contributed by atoms with van der Waals surface area (Å²) in [4.78, 5) is 12.8. The number of methoxy groups -OCH3 is 2. The van der Waals surface area contributed by atoms with Crippen LogP contribution in [0.5, 0.6) is 23.0 Å². The first-order valence-electron chi connectivity index (χ1n) is 11.2. The van der Waals surface area contributed by atoms with E-state index in [1.54, 1.807) is 44.6 Å². The van der Waals surface area contributed by atoms with Crippen molar-refractivity contribution in [2.75, 3.05) is 19.5 Å². The summed E-state index contributed by atoms with van der Waals surface area (Å²) in [6.07, 6.45) is 0. The molecular formula is C29H27NO5. The fraction of sp³-hybridized carbons (Fsp3) is 0.138. The maximum atomic E-state index is 12.8. The van der Waals surface area contributed by atoms with Crippen LogP contribution in [0.1, 0.15) is 21.5 Å². The molecule has 35 heavy (non-hydrogen) atoms. The van der Waals surface area contributed by atoms with Crippen LogP contribution in [0.3, 0.4) is 0 Å². The lowest BCUT2D eigenvalue weighted by molar-refractivity contribution is 0.102. The zero-order chi connectivity index (χ0) is 24.5. The first-order valence-corrected chi connectivity index (χ1v) is 11.2. The number of nitrogens with one attached hydrogen (secondary N) is 1. The summed E-state index contributed by atoms with van der Waals surface area (Å²) in [5.74, 6) is 2.27. The summed E-state index contributed by atoms with van der Waals surface area (Å²) in [5, 5.41) is 2.90. The van der Waals surface area contributed by atoms with Crippen LogP contribution in [-0.2, 0) is 13.2 Å². The molecule has 0 saturated heterocycles. The molecule has 0 aromatic heterocycles. The van der Waals surface area contributed by atoms with E-state index in [9.17, 15) is 4.79 Å². The number of carbonyl (C=O) groups is 1. The van der Waals surface area contributed by atoms with E-state index < -0.39 is 0 Å². The third-order valence-electron chi connectivity index (χ3n) is 5.31. The van der Waals surface area contributed by atoms with Crippen LogP contribution in [0.15, 0.2) is 97.1 Å². The van der Waals surface area contributed by atoms with Crippen molar-refractivity contribution < 1.29 is 23.7 Å². The maximum absolute atomic E-state index is 12.8. The smallest absolute Gasteiger partial charge is 0.255 e. The topological polar surface area (TPSA) is 66.0 Å². The highest BCUT2D eigenvalue weighted by atomic mass is 16.5. The first kappa shape index (κ1) is 23.7. The molecule has 0 radical (unpaired) electrons. The molecule has 0 saturated carbocycles. The van der Waals surface area contributed by atoms with E-state index in [4.69, 9.17) is 18.9 Å². The van der Waals surface area contributed by atoms with Crippen molar-refractivity contribution >= 4 is 11.6 Å². The van der Waals surface area contributed by atoms with Crippen molar-refractivity contribution in [3.8, 4) is 23.0 Å². The molecular weight excluding hydrogens is 442 g/mol. The highest BCUT2D eigenvalue weighted by Crippen LogP contribution is 2.29. The van der Waals surface area contributed by atoms with Gasteiger partial charge in [-0.25, -0.2) is 0 Å². The minimum atomic E-state index is -0.249. The average Bonchev–Trinajstić information content (AvgIpc) is 2.92. The third kappa shape index (κ3) is 6.54. The van der Waals surface area contributed by atoms with Crippen molar-refractivity contribution in [2.45, 2.75) is 13.2 Å². The van der Waals surface area contributed by atoms with Gasteiger partial charge in [0.1, 0.15) is 24.7 Å². The summed E-state index contributed by atoms with van der Waals surface area (Å²) < 4.78 is 22.4. The zero-order valence-electron chi connectivity index (χ0n) is 19.7. The van der Waals surface area contributed by atoms with Gasteiger partial charge in [-0.15, -0.1) is 0 Å². The molecule has 0 unspecified atom stereocenters. The monoisotopic (exact) mass is 469 g/mol. The Bertz CT molecular complexity index is 1260. The first-order chi connectivity index (χ1) is 17.1. The molecule has 1 amide bonds. The molecule has 0 fully saturated rings. The Balaban J connectivity index is 1.35. The second-order valence-corrected chi connectivity index (χ2v) is 7.76. The molecule has 178 valence electrons. The molecule has 0 aliphatic rings. The Hall–Kier alpha value is -4.45. The van der Waals surface area contributed by atoms with Crippen LogP contribution in [0.2, 0.25) is 0 Å². The van der Waals surface area contributed by atoms with E-state index in [2.05, 4.69) is 5.32 Å². The second kappa shape index (κ2) is 11.6. The summed E-state index contributed by atoms with van der Waals surface area (Å²) in [6, 6.07) is 30.0. The number of ether oxygens (including phenoxy) is 4. The number of amides is 1. The van der Waals surface area contributed by atoms with E-state index in [-0.39, 0.29) is 5.91 Å². The van der Waals surface area contributed by atoms with Crippen molar-refractivity contribution in [1.29, 1.82) is 0 Å². The van der Waals surface area contributed by atoms with Crippen molar-refractivity contribution in [3.63, 3.8) is 0 Å². The molecule has 6 nitrogen and oxygen atoms in total. The standard InChI is InChI=1S/C29H27NO5/c1-32-26-10-6-9-22(17-26)20-35-27-16-11-23(18-28(27)33-2)29(31)30-24-12-14-25(15-13-24)34-19-21-7-4-3-5-8-21/h3-18H,19-20H2,1-2H3,(H,30,31). The van der Waals surface area contributed by atoms with E-state index in [0.29, 0.717) is 36.0 Å². The van der Waals surface area contributed by atoms with Gasteiger partial charge in [-0.3, -0.25) is 4.79 Å². The van der Waals surface area contributed by atoms with Gasteiger partial charge in [-0.2, -0.15) is 0 Å². The normalized spacial score (nSPS) is 10.3. The number of hydrogen-bond donors (Lipinski definition) is 1. The molecule has 0 atom stereocenters. The van der Waals surface area contributed by atoms with Crippen LogP contribution in [0.25, 0.3) is 0 Å². The van der Waals surface area contributed by atoms with Gasteiger partial charge in [0.2, 0.25) is 0 Å². The summed E-state index contributed by atoms with van der Waals surface area (Å²) in [6.45, 7) is 0.830. The molecule has 0 heterocycles. The second-order valence-electron chi connectivity index (χ2n) is 7.76. The van der Waals surface area contributed by atoms with Gasteiger partial charge >= 0.3 is 0 Å². The largest absolute Gasteiger partial charge is 0.497 e. The Kier molecular flexibility index (Phi) is 7.86. The SMILES string of the molecule is COc1cccc(COc2ccc(C(=O)Nc3ccc(OCc4ccccc4)cc3)cc2OC)c1. The maximum Gasteiger partial charge on any atom is 0.255 e. The van der Waals surface area contributed by atoms with Crippen LogP contribution >= 0.6 is 0 Å². The molecule has 0 spiro atoms. The van der Waals surface area contributed by atoms with Crippen molar-refractivity contribution in [3.05, 3.63) is 114 Å². The lowest BCUT2D eigenvalue weighted by Gasteiger charge is -2.13. The molecule has 0 aliphatic carbocycles. The molecule has 4 aromatic carbocycles. The molecule has 4 rings (SSSR count). The van der Waals surface area contributed by atoms with Crippen molar-refractivity contribution in [2.24, 2.45) is 0 Å². The summed E-state index contributed by atoms with van der Waals surface area (Å²) >= 11 is 0. The minimum Gasteiger partial charge on any atom is -0.497 e. The molecule has 1 N–H and O–H groups in total. The highest BCUT2D eigenvalue weighted by molar-refractivity contribution is 6.04. The number of benzene rings is 4. The number of rotatable bonds is 10. The predicted octanol–water partition coefficient (Wildman–Crippen LogP) is 6.11. The Labute approximate surface area is 205 Å². The van der Waals surface area contributed by atoms with Gasteiger partial charge < -0.3 is 24.3 Å². The van der Waals surface area contributed by atoms with Crippen LogP contribution in [-0.4, -0.2) is 20.1 Å². The van der Waals surface area contributed by atoms with Crippen LogP contribution < -0.4 is 24.3 Å². The fourth-order valence-electron chi connectivity index (χ4n) is 3.43. The van der Waals surface area contributed by atoms with E-state index in [0.717, 1.165) is 22.6 Å². The van der Waals surface area contributed by atoms with Gasteiger partial charge in [0.15, 0.2) is 11.5 Å². The van der Waals surface area contributed by atoms with Gasteiger partial charge in [0, 0.05) is 11.3 Å². The van der Waals surface area contributed by atoms with Crippen molar-refractivity contribution in [1.82, 2.24) is 0 Å². The zero-order valence-corrected chi connectivity index (χ0v) is 19.7. The lowest BCUT2D eigenvalue weighted by atomic mass is 10.1. The summed E-state index contributed by atoms with van der Waals surface area (Å²) in [5.41, 5.74) is 3.18. The fourth-order valence-corrected chi connectivity index (χ4v) is 3.43. The lowest BCUT2D eigenvalue weighted by Crippen LogP contribution is -2.12. The van der Waals surface area contributed by atoms with Gasteiger partial charge in [-0.05, 0) is 65.7 Å². The Morgan fingerprint density at radius 3 is 2.14 bits per heavy atom. The van der Waals surface area contributed by atoms with Crippen LogP contribution in [0, 0.1) is 0 Å². The minimum absolute atomic E-state index is 0.249. The van der Waals surface area contributed by atoms with Gasteiger partial charge in [0.05, 0.1) is 14.2 Å². The quantitative estimate of drug-likeness (QED) is 0.303. The molecule has 0 aliphatic heterocycles. The summed E-state index contributed by atoms with van der Waals surface area (Å²) in [7, 11) is 3.17. The third-order valence-corrected chi connectivity index (χ3v) is 5.31.